The Bertz CT molecular complexity index is 1460. The van der Waals surface area contributed by atoms with Crippen LogP contribution in [0.2, 0.25) is 0 Å². The largest absolute Gasteiger partial charge is 0.490 e. The number of hydrogen-bond acceptors (Lipinski definition) is 7. The Kier molecular flexibility index (Phi) is 11.0. The zero-order valence-electron chi connectivity index (χ0n) is 24.1. The number of benzene rings is 2. The molecule has 0 amide bonds. The van der Waals surface area contributed by atoms with E-state index in [-0.39, 0.29) is 18.2 Å². The quantitative estimate of drug-likeness (QED) is 0.110. The Morgan fingerprint density at radius 2 is 1.70 bits per heavy atom. The molecule has 0 N–H and O–H groups in total. The van der Waals surface area contributed by atoms with Crippen LogP contribution in [0.4, 0.5) is 13.2 Å². The lowest BCUT2D eigenvalue weighted by molar-refractivity contribution is -0.143. The minimum atomic E-state index is -4.47. The van der Waals surface area contributed by atoms with Crippen LogP contribution < -0.4 is 14.2 Å². The van der Waals surface area contributed by atoms with Crippen LogP contribution >= 0.6 is 0 Å². The van der Waals surface area contributed by atoms with Crippen LogP contribution in [0.15, 0.2) is 73.1 Å². The molecular weight excluding hydrogens is 563 g/mol. The van der Waals surface area contributed by atoms with Gasteiger partial charge in [0.2, 0.25) is 5.88 Å². The molecule has 0 aliphatic carbocycles. The van der Waals surface area contributed by atoms with Gasteiger partial charge in [0.1, 0.15) is 6.61 Å². The van der Waals surface area contributed by atoms with Crippen molar-refractivity contribution in [1.82, 2.24) is 14.8 Å². The van der Waals surface area contributed by atoms with Gasteiger partial charge in [0, 0.05) is 24.4 Å². The molecule has 0 unspecified atom stereocenters. The highest BCUT2D eigenvalue weighted by atomic mass is 19.4. The van der Waals surface area contributed by atoms with Crippen LogP contribution in [0.1, 0.15) is 48.9 Å². The Labute approximate surface area is 248 Å². The number of ether oxygens (including phenoxy) is 4. The van der Waals surface area contributed by atoms with Gasteiger partial charge in [-0.2, -0.15) is 13.2 Å². The van der Waals surface area contributed by atoms with Gasteiger partial charge < -0.3 is 18.9 Å². The third-order valence-electron chi connectivity index (χ3n) is 6.36. The minimum Gasteiger partial charge on any atom is -0.490 e. The van der Waals surface area contributed by atoms with E-state index in [4.69, 9.17) is 18.9 Å². The molecule has 2 heterocycles. The average molecular weight is 598 g/mol. The summed E-state index contributed by atoms with van der Waals surface area (Å²) in [6.45, 7) is 5.05. The Morgan fingerprint density at radius 1 is 0.884 bits per heavy atom. The molecule has 2 aromatic carbocycles. The summed E-state index contributed by atoms with van der Waals surface area (Å²) in [5.74, 6) is 1.53. The van der Waals surface area contributed by atoms with Crippen molar-refractivity contribution in [1.29, 1.82) is 0 Å². The van der Waals surface area contributed by atoms with Crippen molar-refractivity contribution in [2.24, 2.45) is 0 Å². The molecule has 0 spiro atoms. The molecule has 11 heteroatoms. The summed E-state index contributed by atoms with van der Waals surface area (Å²) < 4.78 is 63.1. The predicted octanol–water partition coefficient (Wildman–Crippen LogP) is 6.77. The summed E-state index contributed by atoms with van der Waals surface area (Å²) in [4.78, 5) is 15.7. The summed E-state index contributed by atoms with van der Waals surface area (Å²) in [5, 5.41) is 4.37. The molecular formula is C32H34F3N3O5. The average Bonchev–Trinajstić information content (AvgIpc) is 3.40. The second-order valence-corrected chi connectivity index (χ2v) is 9.55. The maximum absolute atomic E-state index is 12.9. The van der Waals surface area contributed by atoms with Crippen LogP contribution in [-0.4, -0.2) is 40.6 Å². The van der Waals surface area contributed by atoms with Crippen molar-refractivity contribution in [3.63, 3.8) is 0 Å². The van der Waals surface area contributed by atoms with Gasteiger partial charge in [0.15, 0.2) is 17.3 Å². The van der Waals surface area contributed by atoms with Gasteiger partial charge in [0.25, 0.3) is 0 Å². The standard InChI is InChI=1S/C32H34F3N3O5/c1-3-40-30(39)17-13-23-12-15-27(28(19-23)43-22-24-9-6-5-7-10-24)42-18-8-11-25-21-38(37-31(25)41-4-2)29-16-14-26(20-36-29)32(33,34)35/h5-7,9-10,12,14-16,19-21H,3-4,8,11,13,17-18,22H2,1-2H3. The molecule has 0 saturated heterocycles. The van der Waals surface area contributed by atoms with Crippen LogP contribution in [0, 0.1) is 0 Å². The van der Waals surface area contributed by atoms with E-state index in [1.54, 1.807) is 13.1 Å². The van der Waals surface area contributed by atoms with Gasteiger partial charge in [-0.05, 0) is 68.5 Å². The summed E-state index contributed by atoms with van der Waals surface area (Å²) in [6, 6.07) is 17.6. The SMILES string of the molecule is CCOC(=O)CCc1ccc(OCCCc2cn(-c3ccc(C(F)(F)F)cn3)nc2OCC)c(OCc2ccccc2)c1. The number of aromatic nitrogens is 3. The maximum Gasteiger partial charge on any atom is 0.417 e. The van der Waals surface area contributed by atoms with Crippen molar-refractivity contribution in [2.45, 2.75) is 52.3 Å². The molecule has 43 heavy (non-hydrogen) atoms. The topological polar surface area (TPSA) is 84.7 Å². The third-order valence-corrected chi connectivity index (χ3v) is 6.36. The molecule has 8 nitrogen and oxygen atoms in total. The Balaban J connectivity index is 1.41. The fourth-order valence-corrected chi connectivity index (χ4v) is 4.23. The molecule has 0 aliphatic heterocycles. The number of pyridine rings is 1. The van der Waals surface area contributed by atoms with Gasteiger partial charge in [-0.3, -0.25) is 4.79 Å². The van der Waals surface area contributed by atoms with E-state index in [1.165, 1.54) is 10.7 Å². The molecule has 0 saturated carbocycles. The maximum atomic E-state index is 12.9. The van der Waals surface area contributed by atoms with Gasteiger partial charge in [-0.15, -0.1) is 5.10 Å². The van der Waals surface area contributed by atoms with Crippen molar-refractivity contribution >= 4 is 5.97 Å². The highest BCUT2D eigenvalue weighted by molar-refractivity contribution is 5.69. The van der Waals surface area contributed by atoms with Crippen LogP contribution in [0.3, 0.4) is 0 Å². The monoisotopic (exact) mass is 597 g/mol. The van der Waals surface area contributed by atoms with E-state index < -0.39 is 11.7 Å². The highest BCUT2D eigenvalue weighted by Crippen LogP contribution is 2.31. The molecule has 0 fully saturated rings. The first-order chi connectivity index (χ1) is 20.8. The van der Waals surface area contributed by atoms with Gasteiger partial charge in [0.05, 0.1) is 25.4 Å². The number of aryl methyl sites for hydroxylation is 2. The number of carbonyl (C=O) groups excluding carboxylic acids is 1. The Hall–Kier alpha value is -4.54. The second kappa shape index (κ2) is 15.1. The first-order valence-corrected chi connectivity index (χ1v) is 14.1. The first-order valence-electron chi connectivity index (χ1n) is 14.1. The molecule has 0 aliphatic rings. The van der Waals surface area contributed by atoms with Crippen molar-refractivity contribution in [3.8, 4) is 23.2 Å². The summed E-state index contributed by atoms with van der Waals surface area (Å²) in [5.41, 5.74) is 1.88. The lowest BCUT2D eigenvalue weighted by Gasteiger charge is -2.14. The number of halogens is 3. The Morgan fingerprint density at radius 3 is 2.40 bits per heavy atom. The van der Waals surface area contributed by atoms with E-state index in [2.05, 4.69) is 10.1 Å². The first kappa shape index (κ1) is 31.4. The molecule has 0 radical (unpaired) electrons. The highest BCUT2D eigenvalue weighted by Gasteiger charge is 2.30. The number of hydrogen-bond donors (Lipinski definition) is 0. The fraction of sp³-hybridized carbons (Fsp3) is 0.344. The summed E-state index contributed by atoms with van der Waals surface area (Å²) in [6.07, 6.45) is -0.0456. The summed E-state index contributed by atoms with van der Waals surface area (Å²) in [7, 11) is 0. The number of alkyl halides is 3. The van der Waals surface area contributed by atoms with Gasteiger partial charge in [-0.1, -0.05) is 36.4 Å². The van der Waals surface area contributed by atoms with Crippen LogP contribution in [-0.2, 0) is 35.2 Å². The number of rotatable bonds is 15. The van der Waals surface area contributed by atoms with E-state index in [0.29, 0.717) is 63.1 Å². The number of nitrogens with zero attached hydrogens (tertiary/aromatic N) is 3. The van der Waals surface area contributed by atoms with E-state index in [9.17, 15) is 18.0 Å². The zero-order valence-corrected chi connectivity index (χ0v) is 24.1. The van der Waals surface area contributed by atoms with Gasteiger partial charge >= 0.3 is 12.1 Å². The van der Waals surface area contributed by atoms with Crippen molar-refractivity contribution in [2.75, 3.05) is 19.8 Å². The number of esters is 1. The van der Waals surface area contributed by atoms with E-state index >= 15 is 0 Å². The van der Waals surface area contributed by atoms with E-state index in [1.807, 2.05) is 55.5 Å². The molecule has 0 atom stereocenters. The van der Waals surface area contributed by atoms with Gasteiger partial charge in [-0.25, -0.2) is 9.67 Å². The fourth-order valence-electron chi connectivity index (χ4n) is 4.23. The second-order valence-electron chi connectivity index (χ2n) is 9.55. The molecule has 228 valence electrons. The van der Waals surface area contributed by atoms with Crippen LogP contribution in [0.25, 0.3) is 5.82 Å². The molecule has 0 bridgehead atoms. The molecule has 2 aromatic heterocycles. The molecule has 4 rings (SSSR count). The lowest BCUT2D eigenvalue weighted by Crippen LogP contribution is -2.07. The van der Waals surface area contributed by atoms with Crippen molar-refractivity contribution < 1.29 is 36.9 Å². The lowest BCUT2D eigenvalue weighted by atomic mass is 10.1. The normalized spacial score (nSPS) is 11.3. The number of carbonyl (C=O) groups is 1. The van der Waals surface area contributed by atoms with Crippen molar-refractivity contribution in [3.05, 3.63) is 95.3 Å². The van der Waals surface area contributed by atoms with Crippen LogP contribution in [0.5, 0.6) is 17.4 Å². The van der Waals surface area contributed by atoms with E-state index in [0.717, 1.165) is 29.0 Å². The predicted molar refractivity (Wildman–Crippen MR) is 154 cm³/mol. The molecule has 4 aromatic rings. The third kappa shape index (κ3) is 9.22. The zero-order chi connectivity index (χ0) is 30.7. The smallest absolute Gasteiger partial charge is 0.417 e. The summed E-state index contributed by atoms with van der Waals surface area (Å²) >= 11 is 0. The minimum absolute atomic E-state index is 0.250.